The Kier molecular flexibility index (Phi) is 6.38. The van der Waals surface area contributed by atoms with Crippen molar-refractivity contribution in [2.45, 2.75) is 31.1 Å². The average Bonchev–Trinajstić information content (AvgIpc) is 3.27. The number of imidazole rings is 1. The molecule has 5 nitrogen and oxygen atoms in total. The molecule has 0 radical (unpaired) electrons. The molecule has 5 aromatic rings. The van der Waals surface area contributed by atoms with Gasteiger partial charge in [0, 0.05) is 17.8 Å². The van der Waals surface area contributed by atoms with E-state index < -0.39 is 10.0 Å². The van der Waals surface area contributed by atoms with Crippen LogP contribution >= 0.6 is 0 Å². The monoisotopic (exact) mass is 481 g/mol. The number of hydrogen-bond acceptors (Lipinski definition) is 3. The molecule has 0 saturated heterocycles. The topological polar surface area (TPSA) is 64.0 Å². The van der Waals surface area contributed by atoms with Gasteiger partial charge < -0.3 is 0 Å². The Morgan fingerprint density at radius 1 is 0.771 bits per heavy atom. The van der Waals surface area contributed by atoms with E-state index in [1.54, 1.807) is 12.1 Å². The molecule has 6 heteroatoms. The fraction of sp³-hybridized carbons (Fsp3) is 0.138. The van der Waals surface area contributed by atoms with Crippen molar-refractivity contribution >= 4 is 26.7 Å². The minimum atomic E-state index is -3.64. The summed E-state index contributed by atoms with van der Waals surface area (Å²) >= 11 is 0. The van der Waals surface area contributed by atoms with Crippen molar-refractivity contribution < 1.29 is 8.42 Å². The molecule has 1 aromatic heterocycles. The second-order valence-electron chi connectivity index (χ2n) is 8.45. The summed E-state index contributed by atoms with van der Waals surface area (Å²) in [6, 6.07) is 33.1. The molecule has 0 bridgehead atoms. The highest BCUT2D eigenvalue weighted by molar-refractivity contribution is 7.92. The fourth-order valence-corrected chi connectivity index (χ4v) is 5.74. The van der Waals surface area contributed by atoms with Gasteiger partial charge in [-0.2, -0.15) is 0 Å². The van der Waals surface area contributed by atoms with Crippen molar-refractivity contribution in [1.29, 1.82) is 0 Å². The van der Waals surface area contributed by atoms with Crippen molar-refractivity contribution in [3.05, 3.63) is 120 Å². The Morgan fingerprint density at radius 2 is 1.46 bits per heavy atom. The predicted molar refractivity (Wildman–Crippen MR) is 142 cm³/mol. The Bertz CT molecular complexity index is 1560. The van der Waals surface area contributed by atoms with Gasteiger partial charge in [-0.1, -0.05) is 67.6 Å². The van der Waals surface area contributed by atoms with E-state index >= 15 is 0 Å². The van der Waals surface area contributed by atoms with E-state index in [4.69, 9.17) is 4.98 Å². The maximum atomic E-state index is 12.9. The maximum Gasteiger partial charge on any atom is 0.262 e. The van der Waals surface area contributed by atoms with Crippen LogP contribution in [0.3, 0.4) is 0 Å². The molecule has 0 unspecified atom stereocenters. The van der Waals surface area contributed by atoms with E-state index in [1.807, 2.05) is 79.7 Å². The van der Waals surface area contributed by atoms with Gasteiger partial charge in [0.25, 0.3) is 10.0 Å². The number of nitrogens with one attached hydrogen (secondary N) is 1. The van der Waals surface area contributed by atoms with Crippen LogP contribution < -0.4 is 4.72 Å². The SMILES string of the molecule is CCc1ccccc1S(=O)(=O)Nc1ccc(CCc2nc3ccccc3n2-c2ccccc2)cc1. The lowest BCUT2D eigenvalue weighted by Gasteiger charge is -2.12. The van der Waals surface area contributed by atoms with Crippen LogP contribution in [0, 0.1) is 0 Å². The van der Waals surface area contributed by atoms with Crippen molar-refractivity contribution in [2.75, 3.05) is 4.72 Å². The summed E-state index contributed by atoms with van der Waals surface area (Å²) in [6.07, 6.45) is 2.21. The van der Waals surface area contributed by atoms with Gasteiger partial charge in [-0.15, -0.1) is 0 Å². The Morgan fingerprint density at radius 3 is 2.23 bits per heavy atom. The second kappa shape index (κ2) is 9.76. The van der Waals surface area contributed by atoms with Gasteiger partial charge in [-0.25, -0.2) is 13.4 Å². The second-order valence-corrected chi connectivity index (χ2v) is 10.1. The number of aryl methyl sites for hydroxylation is 3. The number of anilines is 1. The molecular formula is C29H27N3O2S. The van der Waals surface area contributed by atoms with Gasteiger partial charge in [0.05, 0.1) is 15.9 Å². The van der Waals surface area contributed by atoms with E-state index in [0.717, 1.165) is 46.5 Å². The molecule has 0 amide bonds. The molecule has 0 atom stereocenters. The summed E-state index contributed by atoms with van der Waals surface area (Å²) < 4.78 is 30.8. The van der Waals surface area contributed by atoms with Gasteiger partial charge in [-0.05, 0) is 66.4 Å². The summed E-state index contributed by atoms with van der Waals surface area (Å²) in [5.74, 6) is 0.998. The predicted octanol–water partition coefficient (Wildman–Crippen LogP) is 6.17. The van der Waals surface area contributed by atoms with Gasteiger partial charge in [-0.3, -0.25) is 9.29 Å². The van der Waals surface area contributed by atoms with E-state index in [0.29, 0.717) is 17.0 Å². The zero-order valence-corrected chi connectivity index (χ0v) is 20.4. The first-order chi connectivity index (χ1) is 17.0. The molecule has 35 heavy (non-hydrogen) atoms. The third kappa shape index (κ3) is 4.84. The van der Waals surface area contributed by atoms with Gasteiger partial charge in [0.15, 0.2) is 0 Å². The number of fused-ring (bicyclic) bond motifs is 1. The smallest absolute Gasteiger partial charge is 0.262 e. The number of para-hydroxylation sites is 3. The van der Waals surface area contributed by atoms with E-state index in [9.17, 15) is 8.42 Å². The highest BCUT2D eigenvalue weighted by atomic mass is 32.2. The molecule has 4 aromatic carbocycles. The lowest BCUT2D eigenvalue weighted by atomic mass is 10.1. The van der Waals surface area contributed by atoms with Crippen LogP contribution in [0.25, 0.3) is 16.7 Å². The first-order valence-electron chi connectivity index (χ1n) is 11.8. The lowest BCUT2D eigenvalue weighted by molar-refractivity contribution is 0.600. The molecule has 0 spiro atoms. The van der Waals surface area contributed by atoms with Crippen LogP contribution in [0.4, 0.5) is 5.69 Å². The van der Waals surface area contributed by atoms with Crippen LogP contribution in [0.2, 0.25) is 0 Å². The highest BCUT2D eigenvalue weighted by Crippen LogP contribution is 2.24. The number of sulfonamides is 1. The normalized spacial score (nSPS) is 11.6. The van der Waals surface area contributed by atoms with Crippen molar-refractivity contribution in [3.8, 4) is 5.69 Å². The molecule has 176 valence electrons. The number of benzene rings is 4. The lowest BCUT2D eigenvalue weighted by Crippen LogP contribution is -2.14. The van der Waals surface area contributed by atoms with Crippen LogP contribution in [0.1, 0.15) is 23.9 Å². The van der Waals surface area contributed by atoms with Gasteiger partial charge in [0.1, 0.15) is 5.82 Å². The summed E-state index contributed by atoms with van der Waals surface area (Å²) in [7, 11) is -3.64. The number of rotatable bonds is 8. The molecule has 0 aliphatic carbocycles. The average molecular weight is 482 g/mol. The Labute approximate surface area is 206 Å². The molecule has 0 saturated carbocycles. The Hall–Kier alpha value is -3.90. The summed E-state index contributed by atoms with van der Waals surface area (Å²) in [6.45, 7) is 1.95. The first-order valence-corrected chi connectivity index (χ1v) is 13.2. The first kappa shape index (κ1) is 22.9. The van der Waals surface area contributed by atoms with Gasteiger partial charge in [0.2, 0.25) is 0 Å². The van der Waals surface area contributed by atoms with Crippen molar-refractivity contribution in [2.24, 2.45) is 0 Å². The number of aromatic nitrogens is 2. The van der Waals surface area contributed by atoms with Crippen molar-refractivity contribution in [1.82, 2.24) is 9.55 Å². The minimum Gasteiger partial charge on any atom is -0.296 e. The van der Waals surface area contributed by atoms with E-state index in [2.05, 4.69) is 27.5 Å². The zero-order valence-electron chi connectivity index (χ0n) is 19.6. The molecular weight excluding hydrogens is 454 g/mol. The van der Waals surface area contributed by atoms with Crippen molar-refractivity contribution in [3.63, 3.8) is 0 Å². The third-order valence-electron chi connectivity index (χ3n) is 6.13. The fourth-order valence-electron chi connectivity index (χ4n) is 4.37. The quantitative estimate of drug-likeness (QED) is 0.288. The standard InChI is InChI=1S/C29H27N3O2S/c1-2-23-10-6-9-15-28(23)35(33,34)31-24-19-16-22(17-20-24)18-21-29-30-26-13-7-8-14-27(26)32(29)25-11-4-3-5-12-25/h3-17,19-20,31H,2,18,21H2,1H3. The Balaban J connectivity index is 1.34. The molecule has 0 aliphatic rings. The van der Waals surface area contributed by atoms with Crippen LogP contribution in [0.5, 0.6) is 0 Å². The minimum absolute atomic E-state index is 0.325. The van der Waals surface area contributed by atoms with Gasteiger partial charge >= 0.3 is 0 Å². The largest absolute Gasteiger partial charge is 0.296 e. The molecule has 1 heterocycles. The maximum absolute atomic E-state index is 12.9. The highest BCUT2D eigenvalue weighted by Gasteiger charge is 2.17. The third-order valence-corrected chi connectivity index (χ3v) is 7.61. The molecule has 5 rings (SSSR count). The van der Waals surface area contributed by atoms with Crippen LogP contribution in [-0.4, -0.2) is 18.0 Å². The zero-order chi connectivity index (χ0) is 24.3. The molecule has 1 N–H and O–H groups in total. The number of hydrogen-bond donors (Lipinski definition) is 1. The molecule has 0 aliphatic heterocycles. The van der Waals surface area contributed by atoms with E-state index in [1.165, 1.54) is 0 Å². The van der Waals surface area contributed by atoms with E-state index in [-0.39, 0.29) is 0 Å². The summed E-state index contributed by atoms with van der Waals surface area (Å²) in [5, 5.41) is 0. The summed E-state index contributed by atoms with van der Waals surface area (Å²) in [4.78, 5) is 5.22. The molecule has 0 fully saturated rings. The summed E-state index contributed by atoms with van der Waals surface area (Å²) in [5.41, 5.74) is 5.63. The van der Waals surface area contributed by atoms with Crippen LogP contribution in [0.15, 0.2) is 108 Å². The number of nitrogens with zero attached hydrogens (tertiary/aromatic N) is 2. The van der Waals surface area contributed by atoms with Crippen LogP contribution in [-0.2, 0) is 29.3 Å².